The second-order valence-corrected chi connectivity index (χ2v) is 4.86. The van der Waals surface area contributed by atoms with Crippen molar-refractivity contribution in [3.8, 4) is 6.07 Å². The lowest BCUT2D eigenvalue weighted by Crippen LogP contribution is -2.04. The molecule has 0 bridgehead atoms. The van der Waals surface area contributed by atoms with Gasteiger partial charge < -0.3 is 10.3 Å². The van der Waals surface area contributed by atoms with E-state index in [1.165, 1.54) is 0 Å². The Bertz CT molecular complexity index is 824. The molecule has 3 aromatic rings. The van der Waals surface area contributed by atoms with Crippen molar-refractivity contribution < 1.29 is 0 Å². The first-order chi connectivity index (χ1) is 9.67. The average Bonchev–Trinajstić information content (AvgIpc) is 2.74. The van der Waals surface area contributed by atoms with Crippen LogP contribution >= 0.6 is 0 Å². The predicted octanol–water partition coefficient (Wildman–Crippen LogP) is 2.85. The van der Waals surface area contributed by atoms with Gasteiger partial charge in [0.1, 0.15) is 0 Å². The number of nitrogens with two attached hydrogens (primary N) is 1. The van der Waals surface area contributed by atoms with Gasteiger partial charge in [-0.3, -0.25) is 0 Å². The molecule has 98 valence electrons. The van der Waals surface area contributed by atoms with Crippen LogP contribution in [0.5, 0.6) is 0 Å². The predicted molar refractivity (Wildman–Crippen MR) is 79.1 cm³/mol. The zero-order chi connectivity index (χ0) is 14.1. The first-order valence-electron chi connectivity index (χ1n) is 6.39. The van der Waals surface area contributed by atoms with Gasteiger partial charge in [-0.2, -0.15) is 5.26 Å². The van der Waals surface area contributed by atoms with Crippen LogP contribution in [0.15, 0.2) is 42.5 Å². The maximum Gasteiger partial charge on any atom is 0.201 e. The Morgan fingerprint density at radius 3 is 2.90 bits per heavy atom. The van der Waals surface area contributed by atoms with Gasteiger partial charge in [0.2, 0.25) is 5.95 Å². The highest BCUT2D eigenvalue weighted by atomic mass is 15.1. The van der Waals surface area contributed by atoms with E-state index >= 15 is 0 Å². The van der Waals surface area contributed by atoms with Crippen molar-refractivity contribution in [3.63, 3.8) is 0 Å². The molecule has 1 aromatic heterocycles. The van der Waals surface area contributed by atoms with Crippen molar-refractivity contribution in [1.82, 2.24) is 9.55 Å². The standard InChI is InChI=1S/C16H14N4/c1-11-5-6-15-14(7-11)19-16(18)20(15)10-13-4-2-3-12(8-13)9-17/h2-8H,10H2,1H3,(H2,18,19). The lowest BCUT2D eigenvalue weighted by molar-refractivity contribution is 0.838. The van der Waals surface area contributed by atoms with Crippen LogP contribution in [0, 0.1) is 18.3 Å². The van der Waals surface area contributed by atoms with E-state index in [9.17, 15) is 0 Å². The van der Waals surface area contributed by atoms with Gasteiger partial charge in [-0.1, -0.05) is 18.2 Å². The summed E-state index contributed by atoms with van der Waals surface area (Å²) in [5, 5.41) is 8.95. The maximum atomic E-state index is 8.95. The molecule has 0 aliphatic heterocycles. The van der Waals surface area contributed by atoms with Crippen LogP contribution in [0.4, 0.5) is 5.95 Å². The van der Waals surface area contributed by atoms with Crippen molar-refractivity contribution in [1.29, 1.82) is 5.26 Å². The van der Waals surface area contributed by atoms with Gasteiger partial charge in [-0.05, 0) is 42.3 Å². The van der Waals surface area contributed by atoms with Crippen molar-refractivity contribution in [2.45, 2.75) is 13.5 Å². The minimum Gasteiger partial charge on any atom is -0.369 e. The minimum absolute atomic E-state index is 0.493. The Hall–Kier alpha value is -2.80. The second-order valence-electron chi connectivity index (χ2n) is 4.86. The van der Waals surface area contributed by atoms with Crippen LogP contribution in [0.1, 0.15) is 16.7 Å². The molecule has 20 heavy (non-hydrogen) atoms. The molecule has 0 amide bonds. The monoisotopic (exact) mass is 262 g/mol. The number of imidazole rings is 1. The fourth-order valence-electron chi connectivity index (χ4n) is 2.35. The van der Waals surface area contributed by atoms with Crippen LogP contribution in [-0.4, -0.2) is 9.55 Å². The number of rotatable bonds is 2. The highest BCUT2D eigenvalue weighted by Crippen LogP contribution is 2.20. The van der Waals surface area contributed by atoms with Gasteiger partial charge in [0, 0.05) is 0 Å². The molecule has 4 nitrogen and oxygen atoms in total. The van der Waals surface area contributed by atoms with Gasteiger partial charge in [0.05, 0.1) is 29.2 Å². The number of nitrogen functional groups attached to an aromatic ring is 1. The third-order valence-electron chi connectivity index (χ3n) is 3.33. The number of hydrogen-bond acceptors (Lipinski definition) is 3. The largest absolute Gasteiger partial charge is 0.369 e. The summed E-state index contributed by atoms with van der Waals surface area (Å²) in [5.74, 6) is 0.493. The first-order valence-corrected chi connectivity index (χ1v) is 6.39. The summed E-state index contributed by atoms with van der Waals surface area (Å²) in [6.07, 6.45) is 0. The first kappa shape index (κ1) is 12.2. The molecule has 2 N–H and O–H groups in total. The third-order valence-corrected chi connectivity index (χ3v) is 3.33. The molecule has 1 heterocycles. The van der Waals surface area contributed by atoms with Crippen LogP contribution < -0.4 is 5.73 Å². The van der Waals surface area contributed by atoms with Gasteiger partial charge in [-0.15, -0.1) is 0 Å². The van der Waals surface area contributed by atoms with Crippen molar-refractivity contribution in [2.75, 3.05) is 5.73 Å². The number of hydrogen-bond donors (Lipinski definition) is 1. The Balaban J connectivity index is 2.06. The average molecular weight is 262 g/mol. The molecular weight excluding hydrogens is 248 g/mol. The summed E-state index contributed by atoms with van der Waals surface area (Å²) in [7, 11) is 0. The topological polar surface area (TPSA) is 67.6 Å². The second kappa shape index (κ2) is 4.71. The normalized spacial score (nSPS) is 10.6. The lowest BCUT2D eigenvalue weighted by atomic mass is 10.1. The zero-order valence-corrected chi connectivity index (χ0v) is 11.2. The molecule has 4 heteroatoms. The summed E-state index contributed by atoms with van der Waals surface area (Å²) < 4.78 is 1.96. The molecule has 0 fully saturated rings. The Kier molecular flexibility index (Phi) is 2.88. The Morgan fingerprint density at radius 1 is 1.25 bits per heavy atom. The molecule has 2 aromatic carbocycles. The van der Waals surface area contributed by atoms with E-state index < -0.39 is 0 Å². The number of fused-ring (bicyclic) bond motifs is 1. The fourth-order valence-corrected chi connectivity index (χ4v) is 2.35. The molecule has 3 rings (SSSR count). The lowest BCUT2D eigenvalue weighted by Gasteiger charge is -2.07. The van der Waals surface area contributed by atoms with Crippen molar-refractivity contribution in [3.05, 3.63) is 59.2 Å². The Labute approximate surface area is 117 Å². The summed E-state index contributed by atoms with van der Waals surface area (Å²) in [6, 6.07) is 15.8. The van der Waals surface area contributed by atoms with Crippen LogP contribution in [0.25, 0.3) is 11.0 Å². The van der Waals surface area contributed by atoms with Gasteiger partial charge in [0.15, 0.2) is 0 Å². The molecule has 0 atom stereocenters. The SMILES string of the molecule is Cc1ccc2c(c1)nc(N)n2Cc1cccc(C#N)c1. The zero-order valence-electron chi connectivity index (χ0n) is 11.2. The van der Waals surface area contributed by atoms with E-state index in [2.05, 4.69) is 11.1 Å². The van der Waals surface area contributed by atoms with E-state index in [1.54, 1.807) is 6.07 Å². The smallest absolute Gasteiger partial charge is 0.201 e. The molecular formula is C16H14N4. The van der Waals surface area contributed by atoms with Crippen molar-refractivity contribution >= 4 is 17.0 Å². The number of benzene rings is 2. The number of nitrogens with zero attached hydrogens (tertiary/aromatic N) is 3. The number of nitriles is 1. The minimum atomic E-state index is 0.493. The van der Waals surface area contributed by atoms with E-state index in [4.69, 9.17) is 11.0 Å². The highest BCUT2D eigenvalue weighted by Gasteiger charge is 2.08. The highest BCUT2D eigenvalue weighted by molar-refractivity contribution is 5.79. The van der Waals surface area contributed by atoms with Crippen molar-refractivity contribution in [2.24, 2.45) is 0 Å². The number of aromatic nitrogens is 2. The summed E-state index contributed by atoms with van der Waals surface area (Å²) in [6.45, 7) is 2.64. The fraction of sp³-hybridized carbons (Fsp3) is 0.125. The van der Waals surface area contributed by atoms with E-state index in [-0.39, 0.29) is 0 Å². The quantitative estimate of drug-likeness (QED) is 0.772. The summed E-state index contributed by atoms with van der Waals surface area (Å²) in [5.41, 5.74) is 10.8. The van der Waals surface area contributed by atoms with E-state index in [0.29, 0.717) is 18.1 Å². The van der Waals surface area contributed by atoms with E-state index in [0.717, 1.165) is 22.2 Å². The van der Waals surface area contributed by atoms with Crippen LogP contribution in [0.3, 0.4) is 0 Å². The number of aryl methyl sites for hydroxylation is 1. The Morgan fingerprint density at radius 2 is 2.10 bits per heavy atom. The molecule has 0 saturated heterocycles. The molecule has 0 saturated carbocycles. The van der Waals surface area contributed by atoms with Crippen LogP contribution in [-0.2, 0) is 6.54 Å². The van der Waals surface area contributed by atoms with Gasteiger partial charge >= 0.3 is 0 Å². The van der Waals surface area contributed by atoms with Crippen LogP contribution in [0.2, 0.25) is 0 Å². The van der Waals surface area contributed by atoms with E-state index in [1.807, 2.05) is 47.9 Å². The number of anilines is 1. The molecule has 0 spiro atoms. The summed E-state index contributed by atoms with van der Waals surface area (Å²) >= 11 is 0. The van der Waals surface area contributed by atoms with Gasteiger partial charge in [0.25, 0.3) is 0 Å². The maximum absolute atomic E-state index is 8.95. The molecule has 0 radical (unpaired) electrons. The molecule has 0 aliphatic carbocycles. The molecule has 0 unspecified atom stereocenters. The summed E-state index contributed by atoms with van der Waals surface area (Å²) in [4.78, 5) is 4.39. The molecule has 0 aliphatic rings. The third kappa shape index (κ3) is 2.10. The van der Waals surface area contributed by atoms with Gasteiger partial charge in [-0.25, -0.2) is 4.98 Å².